The molecule has 1 atom stereocenters. The van der Waals surface area contributed by atoms with Crippen LogP contribution in [-0.2, 0) is 16.1 Å². The third-order valence-corrected chi connectivity index (χ3v) is 5.79. The number of carbonyl (C=O) groups is 2. The summed E-state index contributed by atoms with van der Waals surface area (Å²) in [6.45, 7) is 1.98. The number of amides is 1. The fraction of sp³-hybridized carbons (Fsp3) is 0.143. The molecule has 0 radical (unpaired) electrons. The fourth-order valence-corrected chi connectivity index (χ4v) is 4.36. The topological polar surface area (TPSA) is 70.8 Å². The number of halogens is 1. The smallest absolute Gasteiger partial charge is 0.296 e. The SMILES string of the molecule is Cc1ccsc1C1/C(=C(\O)c2ccc(F)cc2)C(=O)C(=O)N1Cc1ccco1. The largest absolute Gasteiger partial charge is 0.507 e. The minimum Gasteiger partial charge on any atom is -0.507 e. The highest BCUT2D eigenvalue weighted by atomic mass is 32.1. The van der Waals surface area contributed by atoms with Gasteiger partial charge in [0.2, 0.25) is 0 Å². The van der Waals surface area contributed by atoms with E-state index in [1.165, 1.54) is 46.8 Å². The minimum atomic E-state index is -0.772. The van der Waals surface area contributed by atoms with E-state index in [1.54, 1.807) is 12.1 Å². The Morgan fingerprint density at radius 2 is 1.96 bits per heavy atom. The monoisotopic (exact) mass is 397 g/mol. The van der Waals surface area contributed by atoms with E-state index in [2.05, 4.69) is 0 Å². The normalized spacial score (nSPS) is 18.8. The van der Waals surface area contributed by atoms with Crippen LogP contribution in [0.25, 0.3) is 5.76 Å². The number of rotatable bonds is 4. The number of thiophene rings is 1. The maximum atomic E-state index is 13.3. The molecule has 5 nitrogen and oxygen atoms in total. The van der Waals surface area contributed by atoms with Gasteiger partial charge in [-0.3, -0.25) is 9.59 Å². The molecule has 1 aromatic carbocycles. The van der Waals surface area contributed by atoms with Gasteiger partial charge >= 0.3 is 0 Å². The van der Waals surface area contributed by atoms with Crippen LogP contribution < -0.4 is 0 Å². The number of hydrogen-bond donors (Lipinski definition) is 1. The number of benzene rings is 1. The maximum Gasteiger partial charge on any atom is 0.296 e. The molecule has 1 saturated heterocycles. The summed E-state index contributed by atoms with van der Waals surface area (Å²) in [4.78, 5) is 27.8. The Labute approximate surface area is 164 Å². The number of aliphatic hydroxyl groups is 1. The molecule has 0 bridgehead atoms. The lowest BCUT2D eigenvalue weighted by Gasteiger charge is -2.24. The molecule has 3 heterocycles. The van der Waals surface area contributed by atoms with E-state index in [4.69, 9.17) is 4.42 Å². The molecular formula is C21H16FNO4S. The molecular weight excluding hydrogens is 381 g/mol. The Morgan fingerprint density at radius 1 is 1.21 bits per heavy atom. The number of Topliss-reactive ketones (excluding diaryl/α,β-unsaturated/α-hetero) is 1. The second kappa shape index (κ2) is 7.09. The van der Waals surface area contributed by atoms with Crippen molar-refractivity contribution in [3.05, 3.63) is 87.3 Å². The van der Waals surface area contributed by atoms with Crippen LogP contribution >= 0.6 is 11.3 Å². The van der Waals surface area contributed by atoms with Gasteiger partial charge in [0.15, 0.2) is 0 Å². The molecule has 0 aliphatic carbocycles. The van der Waals surface area contributed by atoms with Gasteiger partial charge in [-0.25, -0.2) is 4.39 Å². The molecule has 1 N–H and O–H groups in total. The van der Waals surface area contributed by atoms with Crippen LogP contribution in [0.2, 0.25) is 0 Å². The zero-order valence-corrected chi connectivity index (χ0v) is 15.7. The Kier molecular flexibility index (Phi) is 4.60. The van der Waals surface area contributed by atoms with Crippen LogP contribution in [-0.4, -0.2) is 21.7 Å². The highest BCUT2D eigenvalue weighted by molar-refractivity contribution is 7.10. The molecule has 1 aliphatic heterocycles. The highest BCUT2D eigenvalue weighted by Crippen LogP contribution is 2.43. The van der Waals surface area contributed by atoms with E-state index in [1.807, 2.05) is 18.4 Å². The van der Waals surface area contributed by atoms with Gasteiger partial charge in [-0.1, -0.05) is 0 Å². The minimum absolute atomic E-state index is 0.00582. The summed E-state index contributed by atoms with van der Waals surface area (Å²) in [7, 11) is 0. The molecule has 4 rings (SSSR count). The molecule has 1 aliphatic rings. The zero-order chi connectivity index (χ0) is 19.8. The lowest BCUT2D eigenvalue weighted by atomic mass is 9.98. The van der Waals surface area contributed by atoms with Crippen molar-refractivity contribution in [2.45, 2.75) is 19.5 Å². The summed E-state index contributed by atoms with van der Waals surface area (Å²) in [5.41, 5.74) is 1.18. The van der Waals surface area contributed by atoms with Gasteiger partial charge in [0, 0.05) is 10.4 Å². The summed E-state index contributed by atoms with van der Waals surface area (Å²) >= 11 is 1.40. The lowest BCUT2D eigenvalue weighted by molar-refractivity contribution is -0.140. The molecule has 2 aromatic heterocycles. The fourth-order valence-electron chi connectivity index (χ4n) is 3.31. The number of aliphatic hydroxyl groups excluding tert-OH is 1. The summed E-state index contributed by atoms with van der Waals surface area (Å²) in [6.07, 6.45) is 1.50. The zero-order valence-electron chi connectivity index (χ0n) is 14.9. The molecule has 142 valence electrons. The van der Waals surface area contributed by atoms with Crippen LogP contribution in [0.3, 0.4) is 0 Å². The van der Waals surface area contributed by atoms with Crippen molar-refractivity contribution in [2.75, 3.05) is 0 Å². The third-order valence-electron chi connectivity index (χ3n) is 4.71. The quantitative estimate of drug-likeness (QED) is 0.402. The lowest BCUT2D eigenvalue weighted by Crippen LogP contribution is -2.28. The predicted molar refractivity (Wildman–Crippen MR) is 102 cm³/mol. The van der Waals surface area contributed by atoms with Crippen LogP contribution in [0.1, 0.15) is 27.8 Å². The van der Waals surface area contributed by atoms with Crippen molar-refractivity contribution in [3.63, 3.8) is 0 Å². The van der Waals surface area contributed by atoms with Crippen molar-refractivity contribution in [3.8, 4) is 0 Å². The molecule has 7 heteroatoms. The molecule has 3 aromatic rings. The average molecular weight is 397 g/mol. The third kappa shape index (κ3) is 3.03. The van der Waals surface area contributed by atoms with Crippen LogP contribution in [0.15, 0.2) is 64.1 Å². The first kappa shape index (κ1) is 18.2. The van der Waals surface area contributed by atoms with Crippen molar-refractivity contribution < 1.29 is 23.5 Å². The molecule has 1 unspecified atom stereocenters. The van der Waals surface area contributed by atoms with Gasteiger partial charge in [0.25, 0.3) is 11.7 Å². The van der Waals surface area contributed by atoms with Crippen molar-refractivity contribution >= 4 is 28.8 Å². The van der Waals surface area contributed by atoms with Crippen LogP contribution in [0, 0.1) is 12.7 Å². The van der Waals surface area contributed by atoms with Crippen molar-refractivity contribution in [2.24, 2.45) is 0 Å². The first-order valence-electron chi connectivity index (χ1n) is 8.58. The Hall–Kier alpha value is -3.19. The Balaban J connectivity index is 1.87. The Bertz CT molecular complexity index is 1070. The van der Waals surface area contributed by atoms with Crippen LogP contribution in [0.5, 0.6) is 0 Å². The van der Waals surface area contributed by atoms with Crippen molar-refractivity contribution in [1.82, 2.24) is 4.90 Å². The maximum absolute atomic E-state index is 13.3. The van der Waals surface area contributed by atoms with E-state index < -0.39 is 23.5 Å². The van der Waals surface area contributed by atoms with Gasteiger partial charge in [-0.15, -0.1) is 11.3 Å². The molecule has 1 amide bonds. The molecule has 0 spiro atoms. The van der Waals surface area contributed by atoms with Gasteiger partial charge in [-0.2, -0.15) is 0 Å². The van der Waals surface area contributed by atoms with Gasteiger partial charge < -0.3 is 14.4 Å². The van der Waals surface area contributed by atoms with Gasteiger partial charge in [0.1, 0.15) is 23.4 Å². The van der Waals surface area contributed by atoms with E-state index in [0.29, 0.717) is 5.76 Å². The number of furan rings is 1. The average Bonchev–Trinajstić information content (AvgIpc) is 3.39. The van der Waals surface area contributed by atoms with E-state index >= 15 is 0 Å². The summed E-state index contributed by atoms with van der Waals surface area (Å²) in [5, 5.41) is 12.7. The van der Waals surface area contributed by atoms with Gasteiger partial charge in [-0.05, 0) is 60.3 Å². The number of carbonyl (C=O) groups excluding carboxylic acids is 2. The highest BCUT2D eigenvalue weighted by Gasteiger charge is 2.47. The number of hydrogen-bond acceptors (Lipinski definition) is 5. The first-order chi connectivity index (χ1) is 13.5. The van der Waals surface area contributed by atoms with E-state index in [0.717, 1.165) is 10.4 Å². The number of likely N-dealkylation sites (tertiary alicyclic amines) is 1. The van der Waals surface area contributed by atoms with Crippen molar-refractivity contribution in [1.29, 1.82) is 0 Å². The molecule has 28 heavy (non-hydrogen) atoms. The molecule has 1 fully saturated rings. The summed E-state index contributed by atoms with van der Waals surface area (Å²) < 4.78 is 18.6. The van der Waals surface area contributed by atoms with E-state index in [9.17, 15) is 19.1 Å². The first-order valence-corrected chi connectivity index (χ1v) is 9.46. The predicted octanol–water partition coefficient (Wildman–Crippen LogP) is 4.41. The number of nitrogens with zero attached hydrogens (tertiary/aromatic N) is 1. The second-order valence-electron chi connectivity index (χ2n) is 6.48. The van der Waals surface area contributed by atoms with E-state index in [-0.39, 0.29) is 23.4 Å². The summed E-state index contributed by atoms with van der Waals surface area (Å²) in [5.74, 6) is -1.73. The second-order valence-corrected chi connectivity index (χ2v) is 7.43. The standard InChI is InChI=1S/C21H16FNO4S/c1-12-8-10-28-20(12)17-16(18(24)13-4-6-14(22)7-5-13)19(25)21(26)23(17)11-15-3-2-9-27-15/h2-10,17,24H,11H2,1H3/b18-16+. The van der Waals surface area contributed by atoms with Gasteiger partial charge in [0.05, 0.1) is 18.4 Å². The Morgan fingerprint density at radius 3 is 2.57 bits per heavy atom. The number of ketones is 1. The van der Waals surface area contributed by atoms with Crippen LogP contribution in [0.4, 0.5) is 4.39 Å². The number of aryl methyl sites for hydroxylation is 1. The summed E-state index contributed by atoms with van der Waals surface area (Å²) in [6, 6.07) is 9.72. The molecule has 0 saturated carbocycles.